The van der Waals surface area contributed by atoms with Crippen LogP contribution in [0.5, 0.6) is 0 Å². The Kier molecular flexibility index (Phi) is 20.5. The van der Waals surface area contributed by atoms with Crippen LogP contribution in [0.2, 0.25) is 0 Å². The summed E-state index contributed by atoms with van der Waals surface area (Å²) in [6.45, 7) is 2.23. The highest BCUT2D eigenvalue weighted by atomic mass is 16.4. The third-order valence-corrected chi connectivity index (χ3v) is 6.06. The molecule has 2 amide bonds. The minimum Gasteiger partial charge on any atom is -0.481 e. The highest BCUT2D eigenvalue weighted by Gasteiger charge is 2.21. The lowest BCUT2D eigenvalue weighted by Crippen LogP contribution is -2.41. The van der Waals surface area contributed by atoms with Crippen molar-refractivity contribution in [2.24, 2.45) is 5.92 Å². The first-order valence-electron chi connectivity index (χ1n) is 13.3. The molecule has 0 aliphatic rings. The van der Waals surface area contributed by atoms with E-state index < -0.39 is 29.8 Å². The Morgan fingerprint density at radius 3 is 1.66 bits per heavy atom. The number of hydrogen-bond acceptors (Lipinski definition) is 5. The second-order valence-corrected chi connectivity index (χ2v) is 9.21. The predicted octanol–water partition coefficient (Wildman–Crippen LogP) is 4.22. The van der Waals surface area contributed by atoms with Gasteiger partial charge in [0, 0.05) is 19.4 Å². The molecule has 0 rings (SSSR count). The molecule has 4 N–H and O–H groups in total. The molecule has 0 radical (unpaired) electrons. The standard InChI is InChI=1S/C26H46N2O7/c1-2-3-4-5-6-7-8-9-10-11-12-13-14-15-24(31)28-22(26(34)35)16-17-23(30)27-19-18-21(20-29)25(32)33/h20-22H,2-19H2,1H3,(H,27,30)(H,28,31)(H,32,33)(H,34,35)/t21?,22-/m0/s1. The van der Waals surface area contributed by atoms with E-state index in [-0.39, 0.29) is 38.1 Å². The van der Waals surface area contributed by atoms with Crippen molar-refractivity contribution in [1.29, 1.82) is 0 Å². The van der Waals surface area contributed by atoms with E-state index >= 15 is 0 Å². The SMILES string of the molecule is CCCCCCCCCCCCCCCC(=O)N[C@@H](CCC(=O)NCCC(C=O)C(=O)O)C(=O)O. The van der Waals surface area contributed by atoms with Crippen molar-refractivity contribution < 1.29 is 34.2 Å². The Bertz CT molecular complexity index is 625. The summed E-state index contributed by atoms with van der Waals surface area (Å²) >= 11 is 0. The molecule has 0 aliphatic heterocycles. The quantitative estimate of drug-likeness (QED) is 0.0883. The molecule has 9 heteroatoms. The second-order valence-electron chi connectivity index (χ2n) is 9.21. The third kappa shape index (κ3) is 19.5. The van der Waals surface area contributed by atoms with Gasteiger partial charge in [0.05, 0.1) is 0 Å². The van der Waals surface area contributed by atoms with Gasteiger partial charge < -0.3 is 25.6 Å². The van der Waals surface area contributed by atoms with Gasteiger partial charge in [-0.3, -0.25) is 14.4 Å². The van der Waals surface area contributed by atoms with Gasteiger partial charge in [0.2, 0.25) is 11.8 Å². The Hall–Kier alpha value is -2.45. The Morgan fingerprint density at radius 1 is 0.686 bits per heavy atom. The molecule has 0 saturated heterocycles. The topological polar surface area (TPSA) is 150 Å². The normalized spacial score (nSPS) is 12.5. The van der Waals surface area contributed by atoms with E-state index in [1.165, 1.54) is 57.8 Å². The van der Waals surface area contributed by atoms with Crippen LogP contribution in [-0.2, 0) is 24.0 Å². The van der Waals surface area contributed by atoms with E-state index in [4.69, 9.17) is 5.11 Å². The zero-order valence-electron chi connectivity index (χ0n) is 21.4. The fraction of sp³-hybridized carbons (Fsp3) is 0.808. The summed E-state index contributed by atoms with van der Waals surface area (Å²) in [5.41, 5.74) is 0. The Morgan fingerprint density at radius 2 is 1.20 bits per heavy atom. The number of carbonyl (C=O) groups is 5. The van der Waals surface area contributed by atoms with Crippen LogP contribution >= 0.6 is 0 Å². The number of aliphatic carboxylic acids is 2. The average molecular weight is 499 g/mol. The zero-order valence-corrected chi connectivity index (χ0v) is 21.4. The molecular weight excluding hydrogens is 452 g/mol. The molecule has 2 atom stereocenters. The molecule has 0 aromatic carbocycles. The summed E-state index contributed by atoms with van der Waals surface area (Å²) in [6, 6.07) is -1.16. The van der Waals surface area contributed by atoms with E-state index in [1.54, 1.807) is 0 Å². The molecule has 0 spiro atoms. The maximum atomic E-state index is 12.1. The Labute approximate surface area is 209 Å². The summed E-state index contributed by atoms with van der Waals surface area (Å²) in [6.07, 6.45) is 16.0. The average Bonchev–Trinajstić information content (AvgIpc) is 2.81. The van der Waals surface area contributed by atoms with Crippen LogP contribution in [0.1, 0.15) is 116 Å². The maximum Gasteiger partial charge on any atom is 0.326 e. The molecule has 0 bridgehead atoms. The van der Waals surface area contributed by atoms with Crippen LogP contribution in [0.25, 0.3) is 0 Å². The van der Waals surface area contributed by atoms with Gasteiger partial charge in [-0.1, -0.05) is 84.0 Å². The lowest BCUT2D eigenvalue weighted by molar-refractivity contribution is -0.144. The van der Waals surface area contributed by atoms with Crippen LogP contribution in [0.15, 0.2) is 0 Å². The summed E-state index contributed by atoms with van der Waals surface area (Å²) in [5, 5.41) is 23.0. The minimum atomic E-state index is -1.26. The molecule has 0 aliphatic carbocycles. The van der Waals surface area contributed by atoms with Crippen LogP contribution in [-0.4, -0.2) is 52.8 Å². The summed E-state index contributed by atoms with van der Waals surface area (Å²) < 4.78 is 0. The largest absolute Gasteiger partial charge is 0.481 e. The van der Waals surface area contributed by atoms with E-state index in [1.807, 2.05) is 0 Å². The minimum absolute atomic E-state index is 0.00230. The van der Waals surface area contributed by atoms with E-state index in [0.717, 1.165) is 19.3 Å². The molecule has 0 saturated carbocycles. The van der Waals surface area contributed by atoms with Crippen LogP contribution < -0.4 is 10.6 Å². The number of nitrogens with one attached hydrogen (secondary N) is 2. The monoisotopic (exact) mass is 498 g/mol. The molecular formula is C26H46N2O7. The summed E-state index contributed by atoms with van der Waals surface area (Å²) in [4.78, 5) is 56.7. The van der Waals surface area contributed by atoms with Gasteiger partial charge >= 0.3 is 11.9 Å². The van der Waals surface area contributed by atoms with Crippen molar-refractivity contribution in [1.82, 2.24) is 10.6 Å². The van der Waals surface area contributed by atoms with Gasteiger partial charge in [-0.25, -0.2) is 4.79 Å². The number of carboxylic acid groups (broad SMARTS) is 2. The fourth-order valence-electron chi connectivity index (χ4n) is 3.81. The van der Waals surface area contributed by atoms with Gasteiger partial charge in [-0.05, 0) is 19.3 Å². The third-order valence-electron chi connectivity index (χ3n) is 6.06. The first-order valence-corrected chi connectivity index (χ1v) is 13.3. The number of amides is 2. The number of hydrogen-bond donors (Lipinski definition) is 4. The molecule has 1 unspecified atom stereocenters. The molecule has 35 heavy (non-hydrogen) atoms. The predicted molar refractivity (Wildman–Crippen MR) is 134 cm³/mol. The van der Waals surface area contributed by atoms with E-state index in [0.29, 0.717) is 12.7 Å². The number of carboxylic acids is 2. The molecule has 0 aromatic heterocycles. The van der Waals surface area contributed by atoms with Crippen LogP contribution in [0, 0.1) is 5.92 Å². The first kappa shape index (κ1) is 32.5. The molecule has 202 valence electrons. The van der Waals surface area contributed by atoms with Gasteiger partial charge in [0.1, 0.15) is 18.2 Å². The van der Waals surface area contributed by atoms with Crippen LogP contribution in [0.4, 0.5) is 0 Å². The highest BCUT2D eigenvalue weighted by molar-refractivity contribution is 5.86. The Balaban J connectivity index is 3.85. The van der Waals surface area contributed by atoms with Crippen molar-refractivity contribution in [2.45, 2.75) is 122 Å². The van der Waals surface area contributed by atoms with Gasteiger partial charge in [-0.2, -0.15) is 0 Å². The molecule has 0 fully saturated rings. The molecule has 0 heterocycles. The van der Waals surface area contributed by atoms with Crippen molar-refractivity contribution >= 4 is 30.0 Å². The van der Waals surface area contributed by atoms with Crippen molar-refractivity contribution in [3.05, 3.63) is 0 Å². The first-order chi connectivity index (χ1) is 16.8. The highest BCUT2D eigenvalue weighted by Crippen LogP contribution is 2.13. The summed E-state index contributed by atoms with van der Waals surface area (Å²) in [5.74, 6) is -4.45. The van der Waals surface area contributed by atoms with Crippen molar-refractivity contribution in [3.8, 4) is 0 Å². The van der Waals surface area contributed by atoms with E-state index in [9.17, 15) is 29.1 Å². The summed E-state index contributed by atoms with van der Waals surface area (Å²) in [7, 11) is 0. The maximum absolute atomic E-state index is 12.1. The molecule has 0 aromatic rings. The zero-order chi connectivity index (χ0) is 26.3. The van der Waals surface area contributed by atoms with Gasteiger partial charge in [0.15, 0.2) is 0 Å². The fourth-order valence-corrected chi connectivity index (χ4v) is 3.81. The number of rotatable bonds is 24. The smallest absolute Gasteiger partial charge is 0.326 e. The van der Waals surface area contributed by atoms with E-state index in [2.05, 4.69) is 17.6 Å². The van der Waals surface area contributed by atoms with Gasteiger partial charge in [-0.15, -0.1) is 0 Å². The van der Waals surface area contributed by atoms with Gasteiger partial charge in [0.25, 0.3) is 0 Å². The second kappa shape index (κ2) is 22.0. The lowest BCUT2D eigenvalue weighted by atomic mass is 10.0. The van der Waals surface area contributed by atoms with Crippen LogP contribution in [0.3, 0.4) is 0 Å². The number of unbranched alkanes of at least 4 members (excludes halogenated alkanes) is 12. The lowest BCUT2D eigenvalue weighted by Gasteiger charge is -2.14. The number of carbonyl (C=O) groups excluding carboxylic acids is 3. The van der Waals surface area contributed by atoms with Crippen molar-refractivity contribution in [2.75, 3.05) is 6.54 Å². The van der Waals surface area contributed by atoms with Crippen molar-refractivity contribution in [3.63, 3.8) is 0 Å². The number of aldehydes is 1. The molecule has 9 nitrogen and oxygen atoms in total.